The van der Waals surface area contributed by atoms with Gasteiger partial charge in [-0.2, -0.15) is 0 Å². The Morgan fingerprint density at radius 3 is 2.48 bits per heavy atom. The fourth-order valence-electron chi connectivity index (χ4n) is 2.00. The molecule has 0 aliphatic rings. The Balaban J connectivity index is 2.59. The van der Waals surface area contributed by atoms with Gasteiger partial charge in [0, 0.05) is 19.8 Å². The van der Waals surface area contributed by atoms with Gasteiger partial charge in [-0.25, -0.2) is 22.8 Å². The summed E-state index contributed by atoms with van der Waals surface area (Å²) >= 11 is 0. The zero-order chi connectivity index (χ0) is 20.8. The van der Waals surface area contributed by atoms with Gasteiger partial charge in [0.15, 0.2) is 6.10 Å². The van der Waals surface area contributed by atoms with Crippen molar-refractivity contribution in [2.75, 3.05) is 25.5 Å². The standard InChI is InChI=1S/C16H24F3N3O5/c1-16(2,3)27-15(25)22(4)13(19)11(12(17)18)26-8-7-20-9-5-6-21-10(9)14(23)24/h5-6,11-13,20-21H,7-8H2,1-4H3,(H,23,24). The molecule has 3 N–H and O–H groups in total. The van der Waals surface area contributed by atoms with Crippen molar-refractivity contribution in [2.24, 2.45) is 0 Å². The molecular weight excluding hydrogens is 371 g/mol. The third kappa shape index (κ3) is 7.00. The normalized spacial score (nSPS) is 13.9. The van der Waals surface area contributed by atoms with E-state index in [0.29, 0.717) is 4.90 Å². The van der Waals surface area contributed by atoms with Crippen molar-refractivity contribution in [1.82, 2.24) is 9.88 Å². The minimum Gasteiger partial charge on any atom is -0.477 e. The van der Waals surface area contributed by atoms with Gasteiger partial charge in [-0.1, -0.05) is 0 Å². The van der Waals surface area contributed by atoms with E-state index in [1.807, 2.05) is 0 Å². The minimum atomic E-state index is -3.19. The summed E-state index contributed by atoms with van der Waals surface area (Å²) in [7, 11) is 0.995. The molecule has 1 heterocycles. The molecule has 0 aromatic carbocycles. The van der Waals surface area contributed by atoms with E-state index in [2.05, 4.69) is 10.3 Å². The predicted molar refractivity (Wildman–Crippen MR) is 90.9 cm³/mol. The lowest BCUT2D eigenvalue weighted by Gasteiger charge is -2.30. The number of anilines is 1. The number of ether oxygens (including phenoxy) is 2. The zero-order valence-corrected chi connectivity index (χ0v) is 15.5. The van der Waals surface area contributed by atoms with Crippen LogP contribution in [0.5, 0.6) is 0 Å². The largest absolute Gasteiger partial charge is 0.477 e. The minimum absolute atomic E-state index is 0.0514. The molecule has 0 fully saturated rings. The quantitative estimate of drug-likeness (QED) is 0.439. The number of aromatic amines is 1. The number of alkyl halides is 3. The summed E-state index contributed by atoms with van der Waals surface area (Å²) in [5.74, 6) is -1.20. The first-order valence-electron chi connectivity index (χ1n) is 8.08. The number of nitrogens with one attached hydrogen (secondary N) is 2. The van der Waals surface area contributed by atoms with Crippen LogP contribution in [0.4, 0.5) is 23.7 Å². The highest BCUT2D eigenvalue weighted by Crippen LogP contribution is 2.19. The monoisotopic (exact) mass is 395 g/mol. The van der Waals surface area contributed by atoms with Crippen LogP contribution in [0.15, 0.2) is 12.3 Å². The Morgan fingerprint density at radius 1 is 1.33 bits per heavy atom. The highest BCUT2D eigenvalue weighted by atomic mass is 19.3. The van der Waals surface area contributed by atoms with Crippen LogP contribution in [0.2, 0.25) is 0 Å². The number of carboxylic acids is 1. The molecule has 1 aromatic heterocycles. The lowest BCUT2D eigenvalue weighted by atomic mass is 10.2. The van der Waals surface area contributed by atoms with Crippen LogP contribution >= 0.6 is 0 Å². The average Bonchev–Trinajstić information content (AvgIpc) is 3.00. The van der Waals surface area contributed by atoms with E-state index in [1.165, 1.54) is 12.3 Å². The summed E-state index contributed by atoms with van der Waals surface area (Å²) in [4.78, 5) is 25.6. The number of carboxylic acid groups (broad SMARTS) is 1. The van der Waals surface area contributed by atoms with E-state index in [9.17, 15) is 22.8 Å². The van der Waals surface area contributed by atoms with E-state index < -0.39 is 36.5 Å². The maximum Gasteiger partial charge on any atom is 0.412 e. The maximum absolute atomic E-state index is 14.3. The van der Waals surface area contributed by atoms with Gasteiger partial charge in [-0.05, 0) is 26.8 Å². The Hall–Kier alpha value is -2.43. The van der Waals surface area contributed by atoms with Gasteiger partial charge in [0.05, 0.1) is 12.3 Å². The van der Waals surface area contributed by atoms with Crippen LogP contribution in [0, 0.1) is 0 Å². The van der Waals surface area contributed by atoms with Gasteiger partial charge < -0.3 is 24.9 Å². The number of rotatable bonds is 9. The highest BCUT2D eigenvalue weighted by molar-refractivity contribution is 5.92. The van der Waals surface area contributed by atoms with Gasteiger partial charge >= 0.3 is 12.1 Å². The molecule has 11 heteroatoms. The Kier molecular flexibility index (Phi) is 7.95. The van der Waals surface area contributed by atoms with E-state index in [-0.39, 0.29) is 24.5 Å². The number of halogens is 3. The number of aromatic carboxylic acids is 1. The first-order valence-corrected chi connectivity index (χ1v) is 8.08. The smallest absolute Gasteiger partial charge is 0.412 e. The third-order valence-electron chi connectivity index (χ3n) is 3.26. The lowest BCUT2D eigenvalue weighted by molar-refractivity contribution is -0.125. The van der Waals surface area contributed by atoms with Crippen LogP contribution in [-0.2, 0) is 9.47 Å². The van der Waals surface area contributed by atoms with Crippen molar-refractivity contribution in [2.45, 2.75) is 45.2 Å². The molecular formula is C16H24F3N3O5. The maximum atomic E-state index is 14.3. The second kappa shape index (κ2) is 9.49. The van der Waals surface area contributed by atoms with Crippen molar-refractivity contribution >= 4 is 17.7 Å². The number of carbonyl (C=O) groups is 2. The van der Waals surface area contributed by atoms with Gasteiger partial charge in [0.25, 0.3) is 6.43 Å². The van der Waals surface area contributed by atoms with Crippen LogP contribution in [0.3, 0.4) is 0 Å². The fourth-order valence-corrected chi connectivity index (χ4v) is 2.00. The van der Waals surface area contributed by atoms with E-state index in [1.54, 1.807) is 20.8 Å². The Labute approximate surface area is 154 Å². The summed E-state index contributed by atoms with van der Waals surface area (Å²) in [6, 6.07) is 1.45. The second-order valence-electron chi connectivity index (χ2n) is 6.63. The molecule has 1 amide bonds. The molecule has 0 bridgehead atoms. The van der Waals surface area contributed by atoms with Gasteiger partial charge in [-0.15, -0.1) is 0 Å². The average molecular weight is 395 g/mol. The summed E-state index contributed by atoms with van der Waals surface area (Å²) < 4.78 is 50.4. The summed E-state index contributed by atoms with van der Waals surface area (Å²) in [6.07, 6.45) is -7.51. The zero-order valence-electron chi connectivity index (χ0n) is 15.5. The van der Waals surface area contributed by atoms with Gasteiger partial charge in [0.1, 0.15) is 11.3 Å². The van der Waals surface area contributed by atoms with Crippen LogP contribution in [0.25, 0.3) is 0 Å². The number of amides is 1. The van der Waals surface area contributed by atoms with E-state index >= 15 is 0 Å². The number of hydrogen-bond acceptors (Lipinski definition) is 5. The third-order valence-corrected chi connectivity index (χ3v) is 3.26. The van der Waals surface area contributed by atoms with Crippen molar-refractivity contribution < 1.29 is 37.3 Å². The number of likely N-dealkylation sites (N-methyl/N-ethyl adjacent to an activating group) is 1. The molecule has 2 atom stereocenters. The predicted octanol–water partition coefficient (Wildman–Crippen LogP) is 2.94. The number of hydrogen-bond donors (Lipinski definition) is 3. The van der Waals surface area contributed by atoms with E-state index in [0.717, 1.165) is 7.05 Å². The van der Waals surface area contributed by atoms with Crippen molar-refractivity contribution in [3.05, 3.63) is 18.0 Å². The topological polar surface area (TPSA) is 104 Å². The molecule has 0 radical (unpaired) electrons. The van der Waals surface area contributed by atoms with Crippen molar-refractivity contribution in [3.8, 4) is 0 Å². The summed E-state index contributed by atoms with van der Waals surface area (Å²) in [6.45, 7) is 4.29. The molecule has 154 valence electrons. The number of carbonyl (C=O) groups excluding carboxylic acids is 1. The number of H-pyrrole nitrogens is 1. The molecule has 1 aromatic rings. The van der Waals surface area contributed by atoms with E-state index in [4.69, 9.17) is 14.6 Å². The first kappa shape index (κ1) is 22.6. The summed E-state index contributed by atoms with van der Waals surface area (Å²) in [5.41, 5.74) is -0.773. The second-order valence-corrected chi connectivity index (χ2v) is 6.63. The molecule has 0 aliphatic carbocycles. The molecule has 0 saturated heterocycles. The SMILES string of the molecule is CN(C(=O)OC(C)(C)C)C(F)C(OCCNc1cc[nH]c1C(=O)O)C(F)F. The Morgan fingerprint density at radius 2 is 1.96 bits per heavy atom. The highest BCUT2D eigenvalue weighted by Gasteiger charge is 2.37. The van der Waals surface area contributed by atoms with Crippen molar-refractivity contribution in [1.29, 1.82) is 0 Å². The molecule has 0 aliphatic heterocycles. The number of nitrogens with zero attached hydrogens (tertiary/aromatic N) is 1. The first-order chi connectivity index (χ1) is 12.4. The molecule has 8 nitrogen and oxygen atoms in total. The van der Waals surface area contributed by atoms with Crippen LogP contribution < -0.4 is 5.32 Å². The van der Waals surface area contributed by atoms with Gasteiger partial charge in [-0.3, -0.25) is 4.90 Å². The van der Waals surface area contributed by atoms with Crippen LogP contribution in [-0.4, -0.2) is 71.7 Å². The summed E-state index contributed by atoms with van der Waals surface area (Å²) in [5, 5.41) is 11.6. The van der Waals surface area contributed by atoms with Crippen LogP contribution in [0.1, 0.15) is 31.3 Å². The fraction of sp³-hybridized carbons (Fsp3) is 0.625. The lowest BCUT2D eigenvalue weighted by Crippen LogP contribution is -2.48. The van der Waals surface area contributed by atoms with Gasteiger partial charge in [0.2, 0.25) is 6.30 Å². The Bertz CT molecular complexity index is 633. The molecule has 0 spiro atoms. The molecule has 27 heavy (non-hydrogen) atoms. The molecule has 0 saturated carbocycles. The van der Waals surface area contributed by atoms with Crippen molar-refractivity contribution in [3.63, 3.8) is 0 Å². The molecule has 1 rings (SSSR count). The number of aromatic nitrogens is 1. The molecule has 2 unspecified atom stereocenters.